The van der Waals surface area contributed by atoms with E-state index in [9.17, 15) is 23.3 Å². The number of nitro groups is 1. The van der Waals surface area contributed by atoms with Gasteiger partial charge in [0.2, 0.25) is 0 Å². The van der Waals surface area contributed by atoms with Crippen LogP contribution in [-0.2, 0) is 10.0 Å². The van der Waals surface area contributed by atoms with E-state index in [0.29, 0.717) is 4.31 Å². The van der Waals surface area contributed by atoms with E-state index in [0.717, 1.165) is 18.2 Å². The lowest BCUT2D eigenvalue weighted by Crippen LogP contribution is -2.34. The standard InChI is InChI=1S/C11H12N2O6S/c1-7(6-14)5-12-11(15)9-3-2-8(13(16)17)4-10(9)20(12,18)19/h2-4,7,14H,5-6H2,1H3. The number of fused-ring (bicyclic) bond motifs is 1. The molecule has 1 aromatic carbocycles. The number of amides is 1. The number of aliphatic hydroxyl groups excluding tert-OH is 1. The molecule has 8 nitrogen and oxygen atoms in total. The van der Waals surface area contributed by atoms with Gasteiger partial charge in [-0.1, -0.05) is 6.92 Å². The Bertz CT molecular complexity index is 684. The average Bonchev–Trinajstić information content (AvgIpc) is 2.59. The summed E-state index contributed by atoms with van der Waals surface area (Å²) >= 11 is 0. The summed E-state index contributed by atoms with van der Waals surface area (Å²) in [5.41, 5.74) is -0.474. The van der Waals surface area contributed by atoms with Crippen LogP contribution in [0.3, 0.4) is 0 Å². The van der Waals surface area contributed by atoms with Crippen molar-refractivity contribution in [1.29, 1.82) is 0 Å². The van der Waals surface area contributed by atoms with Crippen LogP contribution in [0, 0.1) is 16.0 Å². The molecule has 0 spiro atoms. The summed E-state index contributed by atoms with van der Waals surface area (Å²) < 4.78 is 25.1. The third kappa shape index (κ3) is 2.14. The van der Waals surface area contributed by atoms with Crippen molar-refractivity contribution in [2.45, 2.75) is 11.8 Å². The number of sulfonamides is 1. The summed E-state index contributed by atoms with van der Waals surface area (Å²) in [7, 11) is -4.09. The van der Waals surface area contributed by atoms with Crippen molar-refractivity contribution in [2.75, 3.05) is 13.2 Å². The van der Waals surface area contributed by atoms with Crippen molar-refractivity contribution in [3.05, 3.63) is 33.9 Å². The molecule has 0 radical (unpaired) electrons. The van der Waals surface area contributed by atoms with Gasteiger partial charge in [-0.15, -0.1) is 0 Å². The minimum atomic E-state index is -4.09. The molecule has 0 fully saturated rings. The van der Waals surface area contributed by atoms with E-state index in [-0.39, 0.29) is 23.6 Å². The molecule has 0 aromatic heterocycles. The second kappa shape index (κ2) is 4.84. The monoisotopic (exact) mass is 300 g/mol. The number of nitro benzene ring substituents is 1. The van der Waals surface area contributed by atoms with Crippen LogP contribution in [-0.4, -0.2) is 41.8 Å². The molecule has 2 rings (SSSR count). The van der Waals surface area contributed by atoms with Crippen molar-refractivity contribution in [3.8, 4) is 0 Å². The van der Waals surface area contributed by atoms with Gasteiger partial charge in [-0.2, -0.15) is 0 Å². The van der Waals surface area contributed by atoms with Gasteiger partial charge in [-0.05, 0) is 12.0 Å². The number of non-ortho nitro benzene ring substituents is 1. The lowest BCUT2D eigenvalue weighted by atomic mass is 10.1. The van der Waals surface area contributed by atoms with Crippen LogP contribution >= 0.6 is 0 Å². The Morgan fingerprint density at radius 1 is 1.45 bits per heavy atom. The Morgan fingerprint density at radius 2 is 2.10 bits per heavy atom. The summed E-state index contributed by atoms with van der Waals surface area (Å²) in [6.45, 7) is 1.16. The number of aliphatic hydroxyl groups is 1. The lowest BCUT2D eigenvalue weighted by Gasteiger charge is -2.18. The Balaban J connectivity index is 2.51. The maximum absolute atomic E-state index is 12.2. The van der Waals surface area contributed by atoms with Crippen LogP contribution in [0.4, 0.5) is 5.69 Å². The number of carbonyl (C=O) groups is 1. The second-order valence-electron chi connectivity index (χ2n) is 4.57. The maximum atomic E-state index is 12.2. The minimum Gasteiger partial charge on any atom is -0.396 e. The van der Waals surface area contributed by atoms with Crippen LogP contribution in [0.1, 0.15) is 17.3 Å². The highest BCUT2D eigenvalue weighted by atomic mass is 32.2. The van der Waals surface area contributed by atoms with Crippen molar-refractivity contribution in [3.63, 3.8) is 0 Å². The molecule has 1 aliphatic rings. The van der Waals surface area contributed by atoms with Crippen LogP contribution in [0.2, 0.25) is 0 Å². The minimum absolute atomic E-state index is 0.0826. The van der Waals surface area contributed by atoms with Gasteiger partial charge in [0, 0.05) is 25.3 Å². The molecular weight excluding hydrogens is 288 g/mol. The Kier molecular flexibility index (Phi) is 3.48. The quantitative estimate of drug-likeness (QED) is 0.634. The highest BCUT2D eigenvalue weighted by Crippen LogP contribution is 2.33. The van der Waals surface area contributed by atoms with Gasteiger partial charge in [-0.25, -0.2) is 12.7 Å². The maximum Gasteiger partial charge on any atom is 0.270 e. The van der Waals surface area contributed by atoms with Crippen molar-refractivity contribution < 1.29 is 23.2 Å². The van der Waals surface area contributed by atoms with Gasteiger partial charge in [0.25, 0.3) is 21.6 Å². The molecule has 1 unspecified atom stereocenters. The summed E-state index contributed by atoms with van der Waals surface area (Å²) in [6, 6.07) is 3.11. The SMILES string of the molecule is CC(CO)CN1C(=O)c2ccc([N+](=O)[O-])cc2S1(=O)=O. The zero-order valence-corrected chi connectivity index (χ0v) is 11.3. The van der Waals surface area contributed by atoms with Gasteiger partial charge in [-0.3, -0.25) is 14.9 Å². The predicted octanol–water partition coefficient (Wildman–Crippen LogP) is 0.368. The summed E-state index contributed by atoms with van der Waals surface area (Å²) in [5.74, 6) is -1.15. The largest absolute Gasteiger partial charge is 0.396 e. The van der Waals surface area contributed by atoms with E-state index in [1.807, 2.05) is 0 Å². The molecule has 0 bridgehead atoms. The number of rotatable bonds is 4. The fraction of sp³-hybridized carbons (Fsp3) is 0.364. The van der Waals surface area contributed by atoms with Crippen LogP contribution in [0.5, 0.6) is 0 Å². The highest BCUT2D eigenvalue weighted by Gasteiger charge is 2.42. The van der Waals surface area contributed by atoms with E-state index >= 15 is 0 Å². The van der Waals surface area contributed by atoms with Gasteiger partial charge >= 0.3 is 0 Å². The summed E-state index contributed by atoms with van der Waals surface area (Å²) in [5, 5.41) is 19.6. The average molecular weight is 300 g/mol. The molecule has 9 heteroatoms. The number of nitrogens with zero attached hydrogens (tertiary/aromatic N) is 2. The Hall–Kier alpha value is -2.00. The van der Waals surface area contributed by atoms with Crippen molar-refractivity contribution >= 4 is 21.6 Å². The fourth-order valence-electron chi connectivity index (χ4n) is 1.90. The second-order valence-corrected chi connectivity index (χ2v) is 6.40. The summed E-state index contributed by atoms with van der Waals surface area (Å²) in [6.07, 6.45) is 0. The van der Waals surface area contributed by atoms with E-state index in [1.165, 1.54) is 0 Å². The lowest BCUT2D eigenvalue weighted by molar-refractivity contribution is -0.385. The number of carbonyl (C=O) groups excluding carboxylic acids is 1. The Morgan fingerprint density at radius 3 is 2.65 bits per heavy atom. The van der Waals surface area contributed by atoms with E-state index in [4.69, 9.17) is 5.11 Å². The number of benzene rings is 1. The molecule has 108 valence electrons. The number of hydrogen-bond acceptors (Lipinski definition) is 6. The van der Waals surface area contributed by atoms with Crippen molar-refractivity contribution in [1.82, 2.24) is 4.31 Å². The van der Waals surface area contributed by atoms with Gasteiger partial charge in [0.15, 0.2) is 0 Å². The Labute approximate surface area is 114 Å². The van der Waals surface area contributed by atoms with Crippen LogP contribution in [0.15, 0.2) is 23.1 Å². The molecule has 1 heterocycles. The molecule has 1 aliphatic heterocycles. The first-order chi connectivity index (χ1) is 9.28. The van der Waals surface area contributed by atoms with Gasteiger partial charge < -0.3 is 5.11 Å². The van der Waals surface area contributed by atoms with Crippen LogP contribution in [0.25, 0.3) is 0 Å². The first-order valence-corrected chi connectivity index (χ1v) is 7.19. The highest BCUT2D eigenvalue weighted by molar-refractivity contribution is 7.90. The van der Waals surface area contributed by atoms with Crippen LogP contribution < -0.4 is 0 Å². The molecule has 1 N–H and O–H groups in total. The first-order valence-electron chi connectivity index (χ1n) is 5.75. The number of hydrogen-bond donors (Lipinski definition) is 1. The first kappa shape index (κ1) is 14.4. The zero-order chi connectivity index (χ0) is 15.1. The molecule has 1 atom stereocenters. The van der Waals surface area contributed by atoms with Gasteiger partial charge in [0.1, 0.15) is 4.90 Å². The molecule has 0 aliphatic carbocycles. The third-order valence-corrected chi connectivity index (χ3v) is 4.78. The molecule has 0 saturated heterocycles. The van der Waals surface area contributed by atoms with E-state index < -0.39 is 32.5 Å². The normalized spacial score (nSPS) is 17.9. The zero-order valence-electron chi connectivity index (χ0n) is 10.5. The summed E-state index contributed by atoms with van der Waals surface area (Å²) in [4.78, 5) is 21.6. The van der Waals surface area contributed by atoms with Crippen molar-refractivity contribution in [2.24, 2.45) is 5.92 Å². The molecule has 1 amide bonds. The molecular formula is C11H12N2O6S. The smallest absolute Gasteiger partial charge is 0.270 e. The molecule has 0 saturated carbocycles. The van der Waals surface area contributed by atoms with E-state index in [2.05, 4.69) is 0 Å². The third-order valence-electron chi connectivity index (χ3n) is 2.99. The fourth-order valence-corrected chi connectivity index (χ4v) is 3.61. The van der Waals surface area contributed by atoms with E-state index in [1.54, 1.807) is 6.92 Å². The topological polar surface area (TPSA) is 118 Å². The predicted molar refractivity (Wildman–Crippen MR) is 67.6 cm³/mol. The molecule has 1 aromatic rings. The van der Waals surface area contributed by atoms with Gasteiger partial charge in [0.05, 0.1) is 10.5 Å². The molecule has 20 heavy (non-hydrogen) atoms.